The molecule has 0 aliphatic heterocycles. The molecule has 0 aliphatic carbocycles. The standard InChI is InChI=1S/C14H19F3N2O3/c1-8(2)5-10(7-20)18-14(21)19-11-4-3-9(15)6-12(11)22-13(16)17/h3-4,6,8,10,13,20H,5,7H2,1-2H3,(H2,18,19,21). The summed E-state index contributed by atoms with van der Waals surface area (Å²) in [4.78, 5) is 11.8. The number of carbonyl (C=O) groups is 1. The quantitative estimate of drug-likeness (QED) is 0.723. The van der Waals surface area contributed by atoms with Gasteiger partial charge in [-0.15, -0.1) is 0 Å². The Morgan fingerprint density at radius 2 is 2.05 bits per heavy atom. The van der Waals surface area contributed by atoms with E-state index < -0.39 is 30.3 Å². The molecule has 0 aromatic heterocycles. The van der Waals surface area contributed by atoms with Crippen LogP contribution in [-0.4, -0.2) is 30.4 Å². The summed E-state index contributed by atoms with van der Waals surface area (Å²) in [6.45, 7) is 0.458. The van der Waals surface area contributed by atoms with E-state index in [2.05, 4.69) is 15.4 Å². The van der Waals surface area contributed by atoms with Crippen LogP contribution in [0.4, 0.5) is 23.7 Å². The number of benzene rings is 1. The minimum atomic E-state index is -3.14. The van der Waals surface area contributed by atoms with Crippen molar-refractivity contribution >= 4 is 11.7 Å². The van der Waals surface area contributed by atoms with Gasteiger partial charge >= 0.3 is 12.6 Å². The molecule has 0 radical (unpaired) electrons. The number of ether oxygens (including phenoxy) is 1. The molecule has 1 unspecified atom stereocenters. The number of amides is 2. The molecule has 0 fully saturated rings. The number of aliphatic hydroxyl groups is 1. The Kier molecular flexibility index (Phi) is 6.97. The van der Waals surface area contributed by atoms with E-state index in [-0.39, 0.29) is 18.2 Å². The molecule has 1 rings (SSSR count). The average Bonchev–Trinajstić information content (AvgIpc) is 2.40. The van der Waals surface area contributed by atoms with Gasteiger partial charge in [-0.1, -0.05) is 13.8 Å². The van der Waals surface area contributed by atoms with Crippen molar-refractivity contribution in [3.05, 3.63) is 24.0 Å². The lowest BCUT2D eigenvalue weighted by molar-refractivity contribution is -0.0495. The summed E-state index contributed by atoms with van der Waals surface area (Å²) < 4.78 is 41.8. The summed E-state index contributed by atoms with van der Waals surface area (Å²) >= 11 is 0. The number of hydrogen-bond acceptors (Lipinski definition) is 3. The summed E-state index contributed by atoms with van der Waals surface area (Å²) in [5.41, 5.74) is -0.0968. The zero-order valence-electron chi connectivity index (χ0n) is 12.3. The Hall–Kier alpha value is -1.96. The number of aliphatic hydroxyl groups excluding tert-OH is 1. The van der Waals surface area contributed by atoms with Gasteiger partial charge in [-0.2, -0.15) is 8.78 Å². The molecule has 0 spiro atoms. The molecule has 8 heteroatoms. The molecule has 22 heavy (non-hydrogen) atoms. The molecule has 0 saturated heterocycles. The number of hydrogen-bond donors (Lipinski definition) is 3. The first-order chi connectivity index (χ1) is 10.3. The van der Waals surface area contributed by atoms with Crippen molar-refractivity contribution in [3.63, 3.8) is 0 Å². The monoisotopic (exact) mass is 320 g/mol. The zero-order chi connectivity index (χ0) is 16.7. The van der Waals surface area contributed by atoms with Crippen LogP contribution in [0.1, 0.15) is 20.3 Å². The molecule has 0 bridgehead atoms. The van der Waals surface area contributed by atoms with Gasteiger partial charge in [-0.05, 0) is 24.5 Å². The molecule has 1 atom stereocenters. The number of halogens is 3. The lowest BCUT2D eigenvalue weighted by Gasteiger charge is -2.19. The van der Waals surface area contributed by atoms with E-state index in [1.165, 1.54) is 0 Å². The number of urea groups is 1. The van der Waals surface area contributed by atoms with E-state index in [0.717, 1.165) is 18.2 Å². The predicted octanol–water partition coefficient (Wildman–Crippen LogP) is 2.96. The smallest absolute Gasteiger partial charge is 0.387 e. The summed E-state index contributed by atoms with van der Waals surface area (Å²) in [6.07, 6.45) is 0.549. The Labute approximate surface area is 126 Å². The number of nitrogens with one attached hydrogen (secondary N) is 2. The van der Waals surface area contributed by atoms with Crippen LogP contribution in [-0.2, 0) is 0 Å². The van der Waals surface area contributed by atoms with Gasteiger partial charge in [0.2, 0.25) is 0 Å². The summed E-state index contributed by atoms with van der Waals surface area (Å²) in [5.74, 6) is -0.995. The Morgan fingerprint density at radius 1 is 1.36 bits per heavy atom. The van der Waals surface area contributed by atoms with Crippen molar-refractivity contribution in [2.75, 3.05) is 11.9 Å². The summed E-state index contributed by atoms with van der Waals surface area (Å²) in [6, 6.07) is 1.69. The molecule has 3 N–H and O–H groups in total. The van der Waals surface area contributed by atoms with E-state index in [1.807, 2.05) is 13.8 Å². The third-order valence-electron chi connectivity index (χ3n) is 2.72. The minimum Gasteiger partial charge on any atom is -0.432 e. The van der Waals surface area contributed by atoms with Gasteiger partial charge in [0.15, 0.2) is 5.75 Å². The molecule has 5 nitrogen and oxygen atoms in total. The largest absolute Gasteiger partial charge is 0.432 e. The summed E-state index contributed by atoms with van der Waals surface area (Å²) in [7, 11) is 0. The second kappa shape index (κ2) is 8.47. The molecule has 1 aromatic rings. The van der Waals surface area contributed by atoms with Crippen LogP contribution in [0, 0.1) is 11.7 Å². The van der Waals surface area contributed by atoms with Gasteiger partial charge in [0.1, 0.15) is 5.82 Å². The summed E-state index contributed by atoms with van der Waals surface area (Å²) in [5, 5.41) is 14.0. The number of rotatable bonds is 7. The molecular formula is C14H19F3N2O3. The van der Waals surface area contributed by atoms with E-state index >= 15 is 0 Å². The van der Waals surface area contributed by atoms with Gasteiger partial charge in [0.25, 0.3) is 0 Å². The van der Waals surface area contributed by atoms with E-state index in [0.29, 0.717) is 6.42 Å². The van der Waals surface area contributed by atoms with Crippen molar-refractivity contribution in [1.82, 2.24) is 5.32 Å². The Morgan fingerprint density at radius 3 is 2.59 bits per heavy atom. The van der Waals surface area contributed by atoms with E-state index in [9.17, 15) is 23.1 Å². The minimum absolute atomic E-state index is 0.0968. The Balaban J connectivity index is 2.74. The van der Waals surface area contributed by atoms with Crippen LogP contribution >= 0.6 is 0 Å². The highest BCUT2D eigenvalue weighted by Crippen LogP contribution is 2.27. The maximum Gasteiger partial charge on any atom is 0.387 e. The van der Waals surface area contributed by atoms with Crippen LogP contribution in [0.5, 0.6) is 5.75 Å². The molecule has 0 aliphatic rings. The fourth-order valence-electron chi connectivity index (χ4n) is 1.88. The lowest BCUT2D eigenvalue weighted by Crippen LogP contribution is -2.41. The van der Waals surface area contributed by atoms with Crippen LogP contribution in [0.2, 0.25) is 0 Å². The third kappa shape index (κ3) is 6.21. The fraction of sp³-hybridized carbons (Fsp3) is 0.500. The zero-order valence-corrected chi connectivity index (χ0v) is 12.3. The fourth-order valence-corrected chi connectivity index (χ4v) is 1.88. The van der Waals surface area contributed by atoms with Crippen molar-refractivity contribution < 1.29 is 27.8 Å². The molecule has 1 aromatic carbocycles. The second-order valence-electron chi connectivity index (χ2n) is 5.13. The maximum atomic E-state index is 13.1. The Bertz CT molecular complexity index is 498. The molecular weight excluding hydrogens is 301 g/mol. The van der Waals surface area contributed by atoms with Gasteiger partial charge in [-0.3, -0.25) is 0 Å². The SMILES string of the molecule is CC(C)CC(CO)NC(=O)Nc1ccc(F)cc1OC(F)F. The normalized spacial score (nSPS) is 12.4. The van der Waals surface area contributed by atoms with Crippen molar-refractivity contribution in [2.45, 2.75) is 32.9 Å². The van der Waals surface area contributed by atoms with Gasteiger partial charge in [0, 0.05) is 6.07 Å². The van der Waals surface area contributed by atoms with Crippen molar-refractivity contribution in [3.8, 4) is 5.75 Å². The van der Waals surface area contributed by atoms with Gasteiger partial charge < -0.3 is 20.5 Å². The van der Waals surface area contributed by atoms with Gasteiger partial charge in [0.05, 0.1) is 18.3 Å². The second-order valence-corrected chi connectivity index (χ2v) is 5.13. The third-order valence-corrected chi connectivity index (χ3v) is 2.72. The number of alkyl halides is 2. The number of anilines is 1. The van der Waals surface area contributed by atoms with Gasteiger partial charge in [-0.25, -0.2) is 9.18 Å². The van der Waals surface area contributed by atoms with Crippen molar-refractivity contribution in [2.24, 2.45) is 5.92 Å². The average molecular weight is 320 g/mol. The van der Waals surface area contributed by atoms with Crippen LogP contribution in [0.25, 0.3) is 0 Å². The molecule has 2 amide bonds. The van der Waals surface area contributed by atoms with E-state index in [4.69, 9.17) is 0 Å². The van der Waals surface area contributed by atoms with Crippen LogP contribution < -0.4 is 15.4 Å². The highest BCUT2D eigenvalue weighted by Gasteiger charge is 2.16. The van der Waals surface area contributed by atoms with E-state index in [1.54, 1.807) is 0 Å². The highest BCUT2D eigenvalue weighted by molar-refractivity contribution is 5.91. The lowest BCUT2D eigenvalue weighted by atomic mass is 10.0. The highest BCUT2D eigenvalue weighted by atomic mass is 19.3. The molecule has 0 heterocycles. The molecule has 0 saturated carbocycles. The first kappa shape index (κ1) is 18.1. The molecule has 124 valence electrons. The first-order valence-corrected chi connectivity index (χ1v) is 6.74. The predicted molar refractivity (Wildman–Crippen MR) is 75.5 cm³/mol. The van der Waals surface area contributed by atoms with Crippen LogP contribution in [0.15, 0.2) is 18.2 Å². The van der Waals surface area contributed by atoms with Crippen molar-refractivity contribution in [1.29, 1.82) is 0 Å². The first-order valence-electron chi connectivity index (χ1n) is 6.74. The number of carbonyl (C=O) groups excluding carboxylic acids is 1. The topological polar surface area (TPSA) is 70.6 Å². The maximum absolute atomic E-state index is 13.1. The van der Waals surface area contributed by atoms with Crippen LogP contribution in [0.3, 0.4) is 0 Å².